The summed E-state index contributed by atoms with van der Waals surface area (Å²) in [6, 6.07) is 14.4. The van der Waals surface area contributed by atoms with E-state index < -0.39 is 0 Å². The smallest absolute Gasteiger partial charge is 0.129 e. The Morgan fingerprint density at radius 3 is 2.75 bits per heavy atom. The Balaban J connectivity index is 2.55. The van der Waals surface area contributed by atoms with Gasteiger partial charge in [-0.25, -0.2) is 0 Å². The highest BCUT2D eigenvalue weighted by Gasteiger charge is 2.06. The molecule has 80 valence electrons. The maximum absolute atomic E-state index is 8.61. The van der Waals surface area contributed by atoms with Crippen LogP contribution in [0.3, 0.4) is 0 Å². The zero-order valence-electron chi connectivity index (χ0n) is 9.23. The summed E-state index contributed by atoms with van der Waals surface area (Å²) in [4.78, 5) is 0. The van der Waals surface area contributed by atoms with Crippen molar-refractivity contribution in [3.05, 3.63) is 42.0 Å². The molecule has 0 unspecified atom stereocenters. The molecular weight excluding hydrogens is 198 g/mol. The molecule has 2 heteroatoms. The molecule has 0 amide bonds. The van der Waals surface area contributed by atoms with E-state index in [2.05, 4.69) is 18.2 Å². The lowest BCUT2D eigenvalue weighted by atomic mass is 10.0. The van der Waals surface area contributed by atoms with E-state index in [0.717, 1.165) is 23.1 Å². The van der Waals surface area contributed by atoms with Gasteiger partial charge < -0.3 is 4.74 Å². The standard InChI is InChI=1S/C14H13NO/c1-16-14-12(6-4-10-15)9-8-11-5-2-3-7-13(11)14/h2-3,5,7-9H,4,6H2,1H3. The van der Waals surface area contributed by atoms with Crippen molar-refractivity contribution in [3.8, 4) is 11.8 Å². The van der Waals surface area contributed by atoms with Crippen LogP contribution in [0.1, 0.15) is 12.0 Å². The second-order valence-corrected chi connectivity index (χ2v) is 3.64. The van der Waals surface area contributed by atoms with Crippen LogP contribution in [0.25, 0.3) is 10.8 Å². The molecule has 0 spiro atoms. The highest BCUT2D eigenvalue weighted by Crippen LogP contribution is 2.30. The molecule has 0 saturated heterocycles. The lowest BCUT2D eigenvalue weighted by Gasteiger charge is -2.10. The maximum atomic E-state index is 8.61. The van der Waals surface area contributed by atoms with Gasteiger partial charge in [0.1, 0.15) is 5.75 Å². The van der Waals surface area contributed by atoms with Crippen LogP contribution < -0.4 is 4.74 Å². The van der Waals surface area contributed by atoms with Crippen molar-refractivity contribution in [1.82, 2.24) is 0 Å². The van der Waals surface area contributed by atoms with Gasteiger partial charge in [-0.2, -0.15) is 5.26 Å². The first-order valence-electron chi connectivity index (χ1n) is 5.28. The minimum Gasteiger partial charge on any atom is -0.496 e. The highest BCUT2D eigenvalue weighted by molar-refractivity contribution is 5.89. The molecule has 0 aromatic heterocycles. The molecule has 0 fully saturated rings. The van der Waals surface area contributed by atoms with E-state index in [1.807, 2.05) is 24.3 Å². The lowest BCUT2D eigenvalue weighted by molar-refractivity contribution is 0.415. The molecule has 0 aliphatic carbocycles. The van der Waals surface area contributed by atoms with E-state index in [1.54, 1.807) is 7.11 Å². The van der Waals surface area contributed by atoms with Gasteiger partial charge in [0.05, 0.1) is 13.2 Å². The van der Waals surface area contributed by atoms with Crippen LogP contribution >= 0.6 is 0 Å². The average molecular weight is 211 g/mol. The lowest BCUT2D eigenvalue weighted by Crippen LogP contribution is -1.93. The predicted octanol–water partition coefficient (Wildman–Crippen LogP) is 3.30. The number of nitrogens with zero attached hydrogens (tertiary/aromatic N) is 1. The summed E-state index contributed by atoms with van der Waals surface area (Å²) < 4.78 is 5.45. The van der Waals surface area contributed by atoms with Crippen LogP contribution in [0.15, 0.2) is 36.4 Å². The van der Waals surface area contributed by atoms with Gasteiger partial charge in [0, 0.05) is 11.8 Å². The van der Waals surface area contributed by atoms with Crippen LogP contribution in [-0.4, -0.2) is 7.11 Å². The van der Waals surface area contributed by atoms with Gasteiger partial charge in [-0.15, -0.1) is 0 Å². The molecule has 2 aromatic carbocycles. The SMILES string of the molecule is COc1c(CCC#N)ccc2ccccc12. The third kappa shape index (κ3) is 1.85. The predicted molar refractivity (Wildman–Crippen MR) is 64.4 cm³/mol. The van der Waals surface area contributed by atoms with Crippen molar-refractivity contribution in [3.63, 3.8) is 0 Å². The Morgan fingerprint density at radius 1 is 1.19 bits per heavy atom. The summed E-state index contributed by atoms with van der Waals surface area (Å²) >= 11 is 0. The molecule has 0 heterocycles. The van der Waals surface area contributed by atoms with Crippen LogP contribution in [0.5, 0.6) is 5.75 Å². The summed E-state index contributed by atoms with van der Waals surface area (Å²) in [5.74, 6) is 0.897. The summed E-state index contributed by atoms with van der Waals surface area (Å²) in [5.41, 5.74) is 1.10. The van der Waals surface area contributed by atoms with Gasteiger partial charge in [-0.1, -0.05) is 36.4 Å². The molecule has 2 aromatic rings. The monoisotopic (exact) mass is 211 g/mol. The third-order valence-electron chi connectivity index (χ3n) is 2.67. The summed E-state index contributed by atoms with van der Waals surface area (Å²) in [6.07, 6.45) is 1.26. The zero-order valence-corrected chi connectivity index (χ0v) is 9.23. The summed E-state index contributed by atoms with van der Waals surface area (Å²) in [6.45, 7) is 0. The Labute approximate surface area is 95.1 Å². The molecule has 0 aliphatic heterocycles. The zero-order chi connectivity index (χ0) is 11.4. The fourth-order valence-electron chi connectivity index (χ4n) is 1.92. The number of rotatable bonds is 3. The fraction of sp³-hybridized carbons (Fsp3) is 0.214. The molecule has 2 nitrogen and oxygen atoms in total. The van der Waals surface area contributed by atoms with Gasteiger partial charge >= 0.3 is 0 Å². The molecule has 0 aliphatic rings. The quantitative estimate of drug-likeness (QED) is 0.780. The van der Waals surface area contributed by atoms with Crippen LogP contribution in [-0.2, 0) is 6.42 Å². The van der Waals surface area contributed by atoms with Crippen molar-refractivity contribution in [2.24, 2.45) is 0 Å². The largest absolute Gasteiger partial charge is 0.496 e. The van der Waals surface area contributed by atoms with Crippen molar-refractivity contribution >= 4 is 10.8 Å². The number of ether oxygens (including phenoxy) is 1. The first kappa shape index (κ1) is 10.5. The van der Waals surface area contributed by atoms with E-state index in [1.165, 1.54) is 5.39 Å². The number of nitriles is 1. The second-order valence-electron chi connectivity index (χ2n) is 3.64. The number of fused-ring (bicyclic) bond motifs is 1. The van der Waals surface area contributed by atoms with Crippen molar-refractivity contribution in [1.29, 1.82) is 5.26 Å². The normalized spacial score (nSPS) is 10.0. The first-order valence-corrected chi connectivity index (χ1v) is 5.28. The molecule has 0 saturated carbocycles. The fourth-order valence-corrected chi connectivity index (χ4v) is 1.92. The van der Waals surface area contributed by atoms with Gasteiger partial charge in [-0.3, -0.25) is 0 Å². The van der Waals surface area contributed by atoms with E-state index in [-0.39, 0.29) is 0 Å². The molecule has 2 rings (SSSR count). The molecule has 0 atom stereocenters. The first-order chi connectivity index (χ1) is 7.86. The Kier molecular flexibility index (Phi) is 3.07. The van der Waals surface area contributed by atoms with E-state index in [9.17, 15) is 0 Å². The minimum atomic E-state index is 0.523. The number of hydrogen-bond donors (Lipinski definition) is 0. The van der Waals surface area contributed by atoms with E-state index in [4.69, 9.17) is 10.00 Å². The van der Waals surface area contributed by atoms with E-state index >= 15 is 0 Å². The van der Waals surface area contributed by atoms with Crippen LogP contribution in [0.2, 0.25) is 0 Å². The number of hydrogen-bond acceptors (Lipinski definition) is 2. The Morgan fingerprint density at radius 2 is 2.00 bits per heavy atom. The van der Waals surface area contributed by atoms with Gasteiger partial charge in [0.2, 0.25) is 0 Å². The van der Waals surface area contributed by atoms with Gasteiger partial charge in [0.15, 0.2) is 0 Å². The minimum absolute atomic E-state index is 0.523. The van der Waals surface area contributed by atoms with Gasteiger partial charge in [-0.05, 0) is 17.4 Å². The van der Waals surface area contributed by atoms with Gasteiger partial charge in [0.25, 0.3) is 0 Å². The summed E-state index contributed by atoms with van der Waals surface area (Å²) in [5, 5.41) is 10.9. The number of aryl methyl sites for hydroxylation is 1. The average Bonchev–Trinajstić information content (AvgIpc) is 2.35. The maximum Gasteiger partial charge on any atom is 0.129 e. The van der Waals surface area contributed by atoms with Crippen molar-refractivity contribution in [2.75, 3.05) is 7.11 Å². The molecule has 0 N–H and O–H groups in total. The second kappa shape index (κ2) is 4.67. The Bertz CT molecular complexity index is 540. The van der Waals surface area contributed by atoms with Crippen molar-refractivity contribution in [2.45, 2.75) is 12.8 Å². The number of benzene rings is 2. The molecular formula is C14H13NO. The number of methoxy groups -OCH3 is 1. The Hall–Kier alpha value is -2.01. The highest BCUT2D eigenvalue weighted by atomic mass is 16.5. The van der Waals surface area contributed by atoms with Crippen molar-refractivity contribution < 1.29 is 4.74 Å². The summed E-state index contributed by atoms with van der Waals surface area (Å²) in [7, 11) is 1.68. The molecule has 16 heavy (non-hydrogen) atoms. The van der Waals surface area contributed by atoms with E-state index in [0.29, 0.717) is 6.42 Å². The van der Waals surface area contributed by atoms with Crippen LogP contribution in [0, 0.1) is 11.3 Å². The molecule has 0 bridgehead atoms. The topological polar surface area (TPSA) is 33.0 Å². The van der Waals surface area contributed by atoms with Crippen LogP contribution in [0.4, 0.5) is 0 Å². The molecule has 0 radical (unpaired) electrons. The third-order valence-corrected chi connectivity index (χ3v) is 2.67.